The number of allylic oxidation sites excluding steroid dienone is 4. The smallest absolute Gasteiger partial charge is 0.258 e. The first-order valence-corrected chi connectivity index (χ1v) is 17.9. The molecule has 2 unspecified atom stereocenters. The summed E-state index contributed by atoms with van der Waals surface area (Å²) in [6.45, 7) is 8.96. The van der Waals surface area contributed by atoms with Gasteiger partial charge in [0.2, 0.25) is 0 Å². The molecule has 9 nitrogen and oxygen atoms in total. The zero-order valence-electron chi connectivity index (χ0n) is 29.4. The number of fused-ring (bicyclic) bond motifs is 1. The van der Waals surface area contributed by atoms with Gasteiger partial charge in [-0.05, 0) is 122 Å². The third kappa shape index (κ3) is 7.79. The van der Waals surface area contributed by atoms with Crippen LogP contribution in [0, 0.1) is 12.8 Å². The Balaban J connectivity index is 1.23. The molecule has 4 N–H and O–H groups in total. The topological polar surface area (TPSA) is 101 Å². The Morgan fingerprint density at radius 2 is 1.82 bits per heavy atom. The number of likely N-dealkylation sites (N-methyl/N-ethyl adjacent to an activating group) is 1. The summed E-state index contributed by atoms with van der Waals surface area (Å²) in [5, 5.41) is 21.6. The van der Waals surface area contributed by atoms with Crippen LogP contribution < -0.4 is 21.0 Å². The highest BCUT2D eigenvalue weighted by molar-refractivity contribution is 6.15. The molecule has 2 fully saturated rings. The van der Waals surface area contributed by atoms with Gasteiger partial charge in [0.05, 0.1) is 11.6 Å². The lowest BCUT2D eigenvalue weighted by Crippen LogP contribution is -2.44. The van der Waals surface area contributed by atoms with Crippen molar-refractivity contribution in [1.29, 1.82) is 0 Å². The molecule has 3 aromatic carbocycles. The molecule has 0 bridgehead atoms. The number of carbonyl (C=O) groups is 1. The Kier molecular flexibility index (Phi) is 10.1. The van der Waals surface area contributed by atoms with Crippen molar-refractivity contribution >= 4 is 23.1 Å². The largest absolute Gasteiger partial charge is 0.508 e. The fourth-order valence-corrected chi connectivity index (χ4v) is 7.42. The number of halogens is 2. The number of nitrogens with one attached hydrogen (secondary N) is 3. The molecule has 2 atom stereocenters. The Morgan fingerprint density at radius 3 is 2.57 bits per heavy atom. The number of phenols is 1. The van der Waals surface area contributed by atoms with Crippen molar-refractivity contribution in [3.63, 3.8) is 0 Å². The van der Waals surface area contributed by atoms with Gasteiger partial charge in [-0.1, -0.05) is 6.07 Å². The number of aromatic hydroxyl groups is 1. The number of rotatable bonds is 7. The van der Waals surface area contributed by atoms with Crippen molar-refractivity contribution in [3.05, 3.63) is 100 Å². The normalized spacial score (nSPS) is 21.2. The van der Waals surface area contributed by atoms with E-state index in [1.807, 2.05) is 44.2 Å². The molecular formula is C40H46F2N6O3. The van der Waals surface area contributed by atoms with Gasteiger partial charge >= 0.3 is 0 Å². The molecule has 1 aliphatic carbocycles. The van der Waals surface area contributed by atoms with Crippen LogP contribution in [-0.4, -0.2) is 74.2 Å². The maximum absolute atomic E-state index is 14.4. The predicted molar refractivity (Wildman–Crippen MR) is 198 cm³/mol. The van der Waals surface area contributed by atoms with Crippen molar-refractivity contribution in [2.75, 3.05) is 56.7 Å². The van der Waals surface area contributed by atoms with Gasteiger partial charge in [-0.3, -0.25) is 4.79 Å². The number of hydrogen-bond donors (Lipinski definition) is 4. The molecule has 0 aromatic heterocycles. The Morgan fingerprint density at radius 1 is 1.04 bits per heavy atom. The van der Waals surface area contributed by atoms with Crippen molar-refractivity contribution in [2.24, 2.45) is 11.0 Å². The maximum Gasteiger partial charge on any atom is 0.258 e. The van der Waals surface area contributed by atoms with Gasteiger partial charge in [-0.15, -0.1) is 0 Å². The van der Waals surface area contributed by atoms with Crippen molar-refractivity contribution in [1.82, 2.24) is 15.6 Å². The van der Waals surface area contributed by atoms with E-state index in [9.17, 15) is 18.7 Å². The van der Waals surface area contributed by atoms with Gasteiger partial charge in [0.1, 0.15) is 17.4 Å². The minimum atomic E-state index is -0.583. The van der Waals surface area contributed by atoms with Gasteiger partial charge < -0.3 is 35.7 Å². The van der Waals surface area contributed by atoms with Crippen LogP contribution in [0.4, 0.5) is 20.2 Å². The summed E-state index contributed by atoms with van der Waals surface area (Å²) < 4.78 is 34.3. The molecule has 51 heavy (non-hydrogen) atoms. The summed E-state index contributed by atoms with van der Waals surface area (Å²) in [4.78, 5) is 18.9. The number of aryl methyl sites for hydroxylation is 1. The summed E-state index contributed by atoms with van der Waals surface area (Å²) in [5.41, 5.74) is 10.6. The van der Waals surface area contributed by atoms with E-state index in [-0.39, 0.29) is 30.2 Å². The standard InChI is InChI=1S/C40H46F2N6O3/c1-24-16-27(4-7-38(24)49)35-23-34-25(2)45-46-39(36(34)20-28(35)17-26-18-29(41)21-30(42)19-26)44-40(50)33-6-5-32(48-12-10-47(3)11-13-48)22-37(33)43-31-8-14-51-15-9-31/h4-7,16,18,20-23,25-26,31,43,45,49H,8-15,17,19H2,1-3H3,(H,44,46,50). The number of nitrogens with zero attached hydrogens (tertiary/aromatic N) is 3. The van der Waals surface area contributed by atoms with Gasteiger partial charge in [-0.2, -0.15) is 5.10 Å². The van der Waals surface area contributed by atoms with Gasteiger partial charge in [-0.25, -0.2) is 8.78 Å². The molecule has 4 aliphatic rings. The average molecular weight is 697 g/mol. The second-order valence-electron chi connectivity index (χ2n) is 14.2. The number of amides is 1. The van der Waals surface area contributed by atoms with Gasteiger partial charge in [0.15, 0.2) is 5.84 Å². The van der Waals surface area contributed by atoms with E-state index in [0.29, 0.717) is 31.0 Å². The third-order valence-corrected chi connectivity index (χ3v) is 10.4. The second-order valence-corrected chi connectivity index (χ2v) is 14.2. The predicted octanol–water partition coefficient (Wildman–Crippen LogP) is 6.74. The molecule has 0 radical (unpaired) electrons. The number of carbonyl (C=O) groups excluding carboxylic acids is 1. The van der Waals surface area contributed by atoms with Crippen LogP contribution in [0.5, 0.6) is 5.75 Å². The Hall–Kier alpha value is -4.74. The Bertz CT molecular complexity index is 1890. The molecule has 0 saturated carbocycles. The van der Waals surface area contributed by atoms with Crippen LogP contribution in [0.15, 0.2) is 77.4 Å². The average Bonchev–Trinajstić information content (AvgIpc) is 3.11. The first-order valence-electron chi connectivity index (χ1n) is 17.9. The zero-order chi connectivity index (χ0) is 35.6. The van der Waals surface area contributed by atoms with Crippen LogP contribution in [0.25, 0.3) is 11.1 Å². The van der Waals surface area contributed by atoms with Crippen LogP contribution >= 0.6 is 0 Å². The molecule has 3 aromatic rings. The minimum absolute atomic E-state index is 0.0984. The highest BCUT2D eigenvalue weighted by Crippen LogP contribution is 2.37. The molecule has 0 spiro atoms. The summed E-state index contributed by atoms with van der Waals surface area (Å²) in [7, 11) is 2.13. The van der Waals surface area contributed by atoms with Crippen molar-refractivity contribution in [2.45, 2.75) is 51.6 Å². The number of hydrogen-bond acceptors (Lipinski definition) is 8. The fourth-order valence-electron chi connectivity index (χ4n) is 7.42. The second kappa shape index (κ2) is 14.9. The summed E-state index contributed by atoms with van der Waals surface area (Å²) in [5.74, 6) is -1.19. The number of benzene rings is 3. The maximum atomic E-state index is 14.4. The number of amidine groups is 1. The van der Waals surface area contributed by atoms with E-state index in [2.05, 4.69) is 50.1 Å². The molecular weight excluding hydrogens is 650 g/mol. The van der Waals surface area contributed by atoms with E-state index in [1.54, 1.807) is 6.07 Å². The zero-order valence-corrected chi connectivity index (χ0v) is 29.4. The molecule has 11 heteroatoms. The van der Waals surface area contributed by atoms with Crippen molar-refractivity contribution in [3.8, 4) is 16.9 Å². The first-order chi connectivity index (χ1) is 24.6. The number of anilines is 2. The third-order valence-electron chi connectivity index (χ3n) is 10.4. The lowest BCUT2D eigenvalue weighted by atomic mass is 9.84. The Labute approximate surface area is 298 Å². The number of piperazine rings is 1. The molecule has 3 heterocycles. The highest BCUT2D eigenvalue weighted by Gasteiger charge is 2.28. The van der Waals surface area contributed by atoms with Crippen LogP contribution in [-0.2, 0) is 11.2 Å². The summed E-state index contributed by atoms with van der Waals surface area (Å²) >= 11 is 0. The van der Waals surface area contributed by atoms with Crippen LogP contribution in [0.1, 0.15) is 64.8 Å². The van der Waals surface area contributed by atoms with Gasteiger partial charge in [0.25, 0.3) is 5.91 Å². The van der Waals surface area contributed by atoms with Crippen LogP contribution in [0.2, 0.25) is 0 Å². The quantitative estimate of drug-likeness (QED) is 0.217. The van der Waals surface area contributed by atoms with Crippen LogP contribution in [0.3, 0.4) is 0 Å². The summed E-state index contributed by atoms with van der Waals surface area (Å²) in [6, 6.07) is 15.5. The molecule has 7 rings (SSSR count). The van der Waals surface area contributed by atoms with E-state index in [0.717, 1.165) is 89.9 Å². The monoisotopic (exact) mass is 696 g/mol. The lowest BCUT2D eigenvalue weighted by Gasteiger charge is -2.34. The van der Waals surface area contributed by atoms with Crippen molar-refractivity contribution < 1.29 is 23.4 Å². The highest BCUT2D eigenvalue weighted by atomic mass is 19.1. The molecule has 2 saturated heterocycles. The molecule has 268 valence electrons. The number of phenolic OH excluding ortho intramolecular Hbond substituents is 1. The lowest BCUT2D eigenvalue weighted by molar-refractivity contribution is 0.0904. The molecule has 3 aliphatic heterocycles. The number of ether oxygens (including phenoxy) is 1. The van der Waals surface area contributed by atoms with Gasteiger partial charge in [0, 0.05) is 74.9 Å². The minimum Gasteiger partial charge on any atom is -0.508 e. The number of hydrazone groups is 1. The first kappa shape index (κ1) is 34.7. The molecule has 1 amide bonds. The van der Waals surface area contributed by atoms with E-state index in [4.69, 9.17) is 4.74 Å². The van der Waals surface area contributed by atoms with E-state index in [1.165, 1.54) is 6.08 Å². The SMILES string of the molecule is Cc1cc(-c2cc3c(cc2CC2C=C(F)C=C(F)C2)C(NC(=O)c2ccc(N4CCN(C)CC4)cc2NC2CCOCC2)=NNC3C)ccc1O. The van der Waals surface area contributed by atoms with E-state index < -0.39 is 17.6 Å². The summed E-state index contributed by atoms with van der Waals surface area (Å²) in [6.07, 6.45) is 4.58. The fraction of sp³-hybridized carbons (Fsp3) is 0.400. The van der Waals surface area contributed by atoms with E-state index >= 15 is 0 Å².